The van der Waals surface area contributed by atoms with Crippen LogP contribution in [-0.2, 0) is 0 Å². The van der Waals surface area contributed by atoms with E-state index in [2.05, 4.69) is 5.32 Å². The number of anilines is 1. The lowest BCUT2D eigenvalue weighted by Crippen LogP contribution is -2.08. The zero-order chi connectivity index (χ0) is 13.8. The number of nitrogens with one attached hydrogen (secondary N) is 1. The molecule has 0 aliphatic carbocycles. The predicted molar refractivity (Wildman–Crippen MR) is 74.3 cm³/mol. The van der Waals surface area contributed by atoms with Crippen LogP contribution < -0.4 is 5.32 Å². The monoisotopic (exact) mass is 254 g/mol. The number of benzene rings is 2. The summed E-state index contributed by atoms with van der Waals surface area (Å²) in [6.45, 7) is 4.05. The Hall–Kier alpha value is -2.34. The molecule has 0 saturated heterocycles. The van der Waals surface area contributed by atoms with Crippen molar-refractivity contribution in [2.75, 3.05) is 5.32 Å². The molecule has 1 unspecified atom stereocenters. The van der Waals surface area contributed by atoms with Crippen molar-refractivity contribution in [3.63, 3.8) is 0 Å². The first-order chi connectivity index (χ1) is 9.10. The molecule has 0 aliphatic rings. The summed E-state index contributed by atoms with van der Waals surface area (Å²) >= 11 is 0. The average Bonchev–Trinajstić information content (AvgIpc) is 2.41. The fourth-order valence-corrected chi connectivity index (χ4v) is 1.91. The highest BCUT2D eigenvalue weighted by atomic mass is 19.1. The van der Waals surface area contributed by atoms with E-state index in [-0.39, 0.29) is 6.04 Å². The first-order valence-corrected chi connectivity index (χ1v) is 6.13. The Morgan fingerprint density at radius 2 is 1.84 bits per heavy atom. The number of hydrogen-bond acceptors (Lipinski definition) is 2. The Balaban J connectivity index is 2.21. The van der Waals surface area contributed by atoms with Gasteiger partial charge in [0.25, 0.3) is 0 Å². The number of halogens is 1. The molecule has 2 rings (SSSR count). The van der Waals surface area contributed by atoms with Gasteiger partial charge in [-0.25, -0.2) is 4.39 Å². The van der Waals surface area contributed by atoms with Crippen LogP contribution in [0.3, 0.4) is 0 Å². The van der Waals surface area contributed by atoms with E-state index in [1.807, 2.05) is 44.2 Å². The van der Waals surface area contributed by atoms with Crippen molar-refractivity contribution in [2.24, 2.45) is 0 Å². The van der Waals surface area contributed by atoms with E-state index >= 15 is 0 Å². The SMILES string of the molecule is Cc1ccc(C(C)Nc2ccc(F)cc2C#N)cc1. The summed E-state index contributed by atoms with van der Waals surface area (Å²) in [6.07, 6.45) is 0. The summed E-state index contributed by atoms with van der Waals surface area (Å²) < 4.78 is 13.1. The molecule has 19 heavy (non-hydrogen) atoms. The molecule has 0 bridgehead atoms. The number of nitrogens with zero attached hydrogens (tertiary/aromatic N) is 1. The third-order valence-electron chi connectivity index (χ3n) is 3.05. The second-order valence-electron chi connectivity index (χ2n) is 4.58. The zero-order valence-corrected chi connectivity index (χ0v) is 10.9. The molecule has 1 atom stereocenters. The standard InChI is InChI=1S/C16H15FN2/c1-11-3-5-13(6-4-11)12(2)19-16-8-7-15(17)9-14(16)10-18/h3-9,12,19H,1-2H3. The normalized spacial score (nSPS) is 11.7. The van der Waals surface area contributed by atoms with E-state index in [1.165, 1.54) is 17.7 Å². The molecule has 0 spiro atoms. The molecule has 3 heteroatoms. The molecule has 0 amide bonds. The van der Waals surface area contributed by atoms with Crippen LogP contribution in [0.15, 0.2) is 42.5 Å². The van der Waals surface area contributed by atoms with Gasteiger partial charge in [-0.05, 0) is 37.6 Å². The molecule has 0 radical (unpaired) electrons. The van der Waals surface area contributed by atoms with Gasteiger partial charge < -0.3 is 5.32 Å². The molecule has 1 N–H and O–H groups in total. The largest absolute Gasteiger partial charge is 0.377 e. The van der Waals surface area contributed by atoms with Gasteiger partial charge in [-0.3, -0.25) is 0 Å². The topological polar surface area (TPSA) is 35.8 Å². The second kappa shape index (κ2) is 5.53. The molecule has 2 aromatic rings. The fourth-order valence-electron chi connectivity index (χ4n) is 1.91. The lowest BCUT2D eigenvalue weighted by Gasteiger charge is -2.17. The van der Waals surface area contributed by atoms with Crippen molar-refractivity contribution < 1.29 is 4.39 Å². The Morgan fingerprint density at radius 3 is 2.47 bits per heavy atom. The highest BCUT2D eigenvalue weighted by Crippen LogP contribution is 2.23. The van der Waals surface area contributed by atoms with E-state index in [9.17, 15) is 4.39 Å². The van der Waals surface area contributed by atoms with Gasteiger partial charge in [0, 0.05) is 6.04 Å². The summed E-state index contributed by atoms with van der Waals surface area (Å²) in [5.41, 5.74) is 3.30. The fraction of sp³-hybridized carbons (Fsp3) is 0.188. The Morgan fingerprint density at radius 1 is 1.16 bits per heavy atom. The van der Waals surface area contributed by atoms with Crippen molar-refractivity contribution in [3.05, 3.63) is 65.0 Å². The van der Waals surface area contributed by atoms with E-state index in [1.54, 1.807) is 6.07 Å². The number of nitriles is 1. The first-order valence-electron chi connectivity index (χ1n) is 6.13. The van der Waals surface area contributed by atoms with Crippen LogP contribution in [0, 0.1) is 24.1 Å². The van der Waals surface area contributed by atoms with Crippen LogP contribution in [-0.4, -0.2) is 0 Å². The Bertz CT molecular complexity index is 612. The quantitative estimate of drug-likeness (QED) is 0.891. The van der Waals surface area contributed by atoms with Gasteiger partial charge in [0.2, 0.25) is 0 Å². The van der Waals surface area contributed by atoms with Crippen LogP contribution in [0.2, 0.25) is 0 Å². The molecule has 0 aromatic heterocycles. The molecule has 96 valence electrons. The second-order valence-corrected chi connectivity index (χ2v) is 4.58. The Labute approximate surface area is 112 Å². The Kier molecular flexibility index (Phi) is 3.82. The van der Waals surface area contributed by atoms with Crippen molar-refractivity contribution in [3.8, 4) is 6.07 Å². The average molecular weight is 254 g/mol. The van der Waals surface area contributed by atoms with Crippen molar-refractivity contribution in [2.45, 2.75) is 19.9 Å². The molecule has 2 nitrogen and oxygen atoms in total. The summed E-state index contributed by atoms with van der Waals surface area (Å²) in [4.78, 5) is 0. The lowest BCUT2D eigenvalue weighted by atomic mass is 10.1. The molecule has 2 aromatic carbocycles. The van der Waals surface area contributed by atoms with Gasteiger partial charge in [0.1, 0.15) is 11.9 Å². The van der Waals surface area contributed by atoms with E-state index < -0.39 is 5.82 Å². The highest BCUT2D eigenvalue weighted by Gasteiger charge is 2.09. The van der Waals surface area contributed by atoms with Gasteiger partial charge in [-0.2, -0.15) is 5.26 Å². The van der Waals surface area contributed by atoms with E-state index in [0.29, 0.717) is 11.3 Å². The van der Waals surface area contributed by atoms with Gasteiger partial charge in [0.15, 0.2) is 0 Å². The van der Waals surface area contributed by atoms with Crippen LogP contribution in [0.25, 0.3) is 0 Å². The van der Waals surface area contributed by atoms with Crippen molar-refractivity contribution >= 4 is 5.69 Å². The predicted octanol–water partition coefficient (Wildman–Crippen LogP) is 4.18. The summed E-state index contributed by atoms with van der Waals surface area (Å²) in [5, 5.41) is 12.2. The minimum absolute atomic E-state index is 0.0539. The third kappa shape index (κ3) is 3.11. The molecular weight excluding hydrogens is 239 g/mol. The molecule has 0 fully saturated rings. The van der Waals surface area contributed by atoms with Crippen molar-refractivity contribution in [1.29, 1.82) is 5.26 Å². The van der Waals surface area contributed by atoms with Gasteiger partial charge >= 0.3 is 0 Å². The molecule has 0 aliphatic heterocycles. The smallest absolute Gasteiger partial charge is 0.124 e. The molecule has 0 heterocycles. The van der Waals surface area contributed by atoms with Crippen molar-refractivity contribution in [1.82, 2.24) is 0 Å². The maximum Gasteiger partial charge on any atom is 0.124 e. The zero-order valence-electron chi connectivity index (χ0n) is 10.9. The number of aryl methyl sites for hydroxylation is 1. The van der Waals surface area contributed by atoms with E-state index in [0.717, 1.165) is 5.56 Å². The van der Waals surface area contributed by atoms with Crippen LogP contribution in [0.1, 0.15) is 29.7 Å². The molecule has 0 saturated carbocycles. The van der Waals surface area contributed by atoms with Gasteiger partial charge in [-0.1, -0.05) is 29.8 Å². The maximum absolute atomic E-state index is 13.1. The minimum atomic E-state index is -0.398. The maximum atomic E-state index is 13.1. The third-order valence-corrected chi connectivity index (χ3v) is 3.05. The van der Waals surface area contributed by atoms with Gasteiger partial charge in [-0.15, -0.1) is 0 Å². The van der Waals surface area contributed by atoms with Crippen LogP contribution >= 0.6 is 0 Å². The molecular formula is C16H15FN2. The summed E-state index contributed by atoms with van der Waals surface area (Å²) in [5.74, 6) is -0.398. The van der Waals surface area contributed by atoms with Crippen LogP contribution in [0.5, 0.6) is 0 Å². The van der Waals surface area contributed by atoms with Gasteiger partial charge in [0.05, 0.1) is 11.3 Å². The lowest BCUT2D eigenvalue weighted by molar-refractivity contribution is 0.627. The summed E-state index contributed by atoms with van der Waals surface area (Å²) in [7, 11) is 0. The summed E-state index contributed by atoms with van der Waals surface area (Å²) in [6, 6.07) is 14.4. The number of hydrogen-bond donors (Lipinski definition) is 1. The minimum Gasteiger partial charge on any atom is -0.377 e. The highest BCUT2D eigenvalue weighted by molar-refractivity contribution is 5.58. The number of rotatable bonds is 3. The van der Waals surface area contributed by atoms with E-state index in [4.69, 9.17) is 5.26 Å². The van der Waals surface area contributed by atoms with Crippen LogP contribution in [0.4, 0.5) is 10.1 Å². The first kappa shape index (κ1) is 13.1.